The first kappa shape index (κ1) is 26.2. The molecule has 0 spiro atoms. The number of carbonyl (C=O) groups is 1. The Hall–Kier alpha value is -0.830. The maximum Gasteiger partial charge on any atom is 0.159 e. The zero-order valence-corrected chi connectivity index (χ0v) is 21.3. The van der Waals surface area contributed by atoms with Crippen LogP contribution >= 0.6 is 0 Å². The Morgan fingerprint density at radius 2 is 1.71 bits per heavy atom. The maximum atomic E-state index is 13.2. The number of ketones is 1. The first-order chi connectivity index (χ1) is 15.5. The van der Waals surface area contributed by atoms with Gasteiger partial charge in [-0.1, -0.05) is 13.8 Å². The van der Waals surface area contributed by atoms with E-state index < -0.39 is 45.9 Å². The van der Waals surface area contributed by atoms with E-state index in [1.54, 1.807) is 26.8 Å². The predicted molar refractivity (Wildman–Crippen MR) is 127 cm³/mol. The normalized spacial score (nSPS) is 47.2. The molecule has 0 aliphatic heterocycles. The first-order valence-electron chi connectivity index (χ1n) is 12.9. The van der Waals surface area contributed by atoms with Gasteiger partial charge in [-0.2, -0.15) is 0 Å². The van der Waals surface area contributed by atoms with Gasteiger partial charge in [0.05, 0.1) is 35.1 Å². The zero-order valence-electron chi connectivity index (χ0n) is 21.3. The summed E-state index contributed by atoms with van der Waals surface area (Å²) in [5.74, 6) is -0.948. The molecule has 10 atom stereocenters. The van der Waals surface area contributed by atoms with E-state index in [9.17, 15) is 35.4 Å². The minimum absolute atomic E-state index is 0.0840. The van der Waals surface area contributed by atoms with Gasteiger partial charge >= 0.3 is 0 Å². The van der Waals surface area contributed by atoms with Crippen LogP contribution in [0.4, 0.5) is 0 Å². The molecular weight excluding hydrogens is 436 g/mol. The third kappa shape index (κ3) is 3.73. The summed E-state index contributed by atoms with van der Waals surface area (Å²) in [7, 11) is 0. The molecule has 3 saturated carbocycles. The maximum absolute atomic E-state index is 13.2. The Kier molecular flexibility index (Phi) is 6.24. The lowest BCUT2D eigenvalue weighted by molar-refractivity contribution is -0.177. The molecule has 0 unspecified atom stereocenters. The highest BCUT2D eigenvalue weighted by atomic mass is 16.3. The summed E-state index contributed by atoms with van der Waals surface area (Å²) in [5.41, 5.74) is -4.27. The average molecular weight is 481 g/mol. The molecule has 0 aromatic heterocycles. The highest BCUT2D eigenvalue weighted by molar-refractivity contribution is 5.95. The molecule has 4 aliphatic rings. The zero-order chi connectivity index (χ0) is 25.5. The van der Waals surface area contributed by atoms with Gasteiger partial charge in [-0.3, -0.25) is 4.79 Å². The van der Waals surface area contributed by atoms with Crippen LogP contribution in [0, 0.1) is 28.6 Å². The number of hydrogen-bond acceptors (Lipinski definition) is 7. The van der Waals surface area contributed by atoms with Crippen molar-refractivity contribution in [2.75, 3.05) is 0 Å². The van der Waals surface area contributed by atoms with E-state index in [-0.39, 0.29) is 36.4 Å². The van der Waals surface area contributed by atoms with Crippen molar-refractivity contribution in [3.05, 3.63) is 11.6 Å². The lowest BCUT2D eigenvalue weighted by atomic mass is 9.45. The summed E-state index contributed by atoms with van der Waals surface area (Å²) in [4.78, 5) is 13.2. The summed E-state index contributed by atoms with van der Waals surface area (Å²) in [6.45, 7) is 8.96. The van der Waals surface area contributed by atoms with E-state index in [1.807, 2.05) is 13.8 Å². The molecule has 0 radical (unpaired) electrons. The van der Waals surface area contributed by atoms with Crippen LogP contribution in [-0.4, -0.2) is 71.5 Å². The van der Waals surface area contributed by atoms with Gasteiger partial charge in [0.1, 0.15) is 0 Å². The second-order valence-electron chi connectivity index (χ2n) is 13.2. The molecule has 0 aromatic rings. The largest absolute Gasteiger partial charge is 0.390 e. The van der Waals surface area contributed by atoms with Gasteiger partial charge in [0, 0.05) is 11.3 Å². The molecule has 4 rings (SSSR count). The Labute approximate surface area is 202 Å². The van der Waals surface area contributed by atoms with Crippen LogP contribution in [0.25, 0.3) is 0 Å². The Morgan fingerprint density at radius 3 is 2.32 bits per heavy atom. The smallest absolute Gasteiger partial charge is 0.159 e. The topological polar surface area (TPSA) is 138 Å². The fourth-order valence-corrected chi connectivity index (χ4v) is 8.32. The van der Waals surface area contributed by atoms with Gasteiger partial charge in [-0.05, 0) is 101 Å². The van der Waals surface area contributed by atoms with E-state index in [1.165, 1.54) is 0 Å². The lowest BCUT2D eigenvalue weighted by Gasteiger charge is -2.60. The molecule has 6 N–H and O–H groups in total. The Morgan fingerprint density at radius 1 is 1.06 bits per heavy atom. The SMILES string of the molecule is CC(C)(O)CC[C@@H](O)[C@](C)(O)[C@H]1CC[C@@]2(O)C3=CC(=O)[C@@H]4C[C@@H](O)[C@H](O)C[C@]4(C)[C@@H]3CC[C@]12C. The third-order valence-corrected chi connectivity index (χ3v) is 10.5. The van der Waals surface area contributed by atoms with Crippen molar-refractivity contribution >= 4 is 5.78 Å². The van der Waals surface area contributed by atoms with Gasteiger partial charge in [-0.15, -0.1) is 0 Å². The highest BCUT2D eigenvalue weighted by Crippen LogP contribution is 2.68. The molecule has 0 heterocycles. The Bertz CT molecular complexity index is 860. The van der Waals surface area contributed by atoms with Crippen LogP contribution in [-0.2, 0) is 4.79 Å². The van der Waals surface area contributed by atoms with Crippen LogP contribution in [0.3, 0.4) is 0 Å². The van der Waals surface area contributed by atoms with Crippen LogP contribution in [0.15, 0.2) is 11.6 Å². The molecule has 0 bridgehead atoms. The summed E-state index contributed by atoms with van der Waals surface area (Å²) in [6, 6.07) is 0. The van der Waals surface area contributed by atoms with Gasteiger partial charge in [0.25, 0.3) is 0 Å². The molecule has 0 amide bonds. The minimum Gasteiger partial charge on any atom is -0.390 e. The van der Waals surface area contributed by atoms with E-state index in [2.05, 4.69) is 0 Å². The van der Waals surface area contributed by atoms with Crippen LogP contribution < -0.4 is 0 Å². The molecule has 0 saturated heterocycles. The number of hydrogen-bond donors (Lipinski definition) is 6. The molecule has 3 fully saturated rings. The minimum atomic E-state index is -1.46. The Balaban J connectivity index is 1.66. The number of aliphatic hydroxyl groups is 6. The van der Waals surface area contributed by atoms with Crippen molar-refractivity contribution in [1.29, 1.82) is 0 Å². The van der Waals surface area contributed by atoms with Crippen molar-refractivity contribution in [2.45, 2.75) is 121 Å². The second-order valence-corrected chi connectivity index (χ2v) is 13.2. The average Bonchev–Trinajstić information content (AvgIpc) is 3.00. The number of fused-ring (bicyclic) bond motifs is 5. The van der Waals surface area contributed by atoms with Gasteiger partial charge < -0.3 is 30.6 Å². The second kappa shape index (κ2) is 8.09. The van der Waals surface area contributed by atoms with Gasteiger partial charge in [0.15, 0.2) is 5.78 Å². The summed E-state index contributed by atoms with van der Waals surface area (Å²) in [5, 5.41) is 65.5. The fourth-order valence-electron chi connectivity index (χ4n) is 8.32. The molecule has 0 aromatic carbocycles. The number of carbonyl (C=O) groups excluding carboxylic acids is 1. The van der Waals surface area contributed by atoms with E-state index >= 15 is 0 Å². The molecule has 34 heavy (non-hydrogen) atoms. The summed E-state index contributed by atoms with van der Waals surface area (Å²) >= 11 is 0. The van der Waals surface area contributed by atoms with Crippen molar-refractivity contribution in [1.82, 2.24) is 0 Å². The van der Waals surface area contributed by atoms with Crippen molar-refractivity contribution in [3.63, 3.8) is 0 Å². The molecule has 4 aliphatic carbocycles. The highest BCUT2D eigenvalue weighted by Gasteiger charge is 2.69. The number of rotatable bonds is 5. The van der Waals surface area contributed by atoms with Gasteiger partial charge in [0.2, 0.25) is 0 Å². The standard InChI is InChI=1S/C27H44O7/c1-23(2,32)9-8-22(31)26(5,33)21-7-11-27(34)16-12-18(28)17-13-19(29)20(30)14-24(17,3)15(16)6-10-25(21,27)4/h12,15,17,19-22,29-34H,6-11,13-14H2,1-5H3/t15-,17+,19-,20-,21+,22-,24-,25-,26-,27-/m1/s1. The van der Waals surface area contributed by atoms with Crippen LogP contribution in [0.5, 0.6) is 0 Å². The fraction of sp³-hybridized carbons (Fsp3) is 0.889. The molecular formula is C27H44O7. The summed E-state index contributed by atoms with van der Waals surface area (Å²) < 4.78 is 0. The predicted octanol–water partition coefficient (Wildman–Crippen LogP) is 1.85. The van der Waals surface area contributed by atoms with Gasteiger partial charge in [-0.25, -0.2) is 0 Å². The number of aliphatic hydroxyl groups excluding tert-OH is 3. The number of allylic oxidation sites excluding steroid dienone is 1. The molecule has 7 heteroatoms. The molecule has 194 valence electrons. The molecule has 7 nitrogen and oxygen atoms in total. The first-order valence-corrected chi connectivity index (χ1v) is 12.9. The van der Waals surface area contributed by atoms with E-state index in [0.29, 0.717) is 44.1 Å². The third-order valence-electron chi connectivity index (χ3n) is 10.5. The van der Waals surface area contributed by atoms with E-state index in [0.717, 1.165) is 0 Å². The van der Waals surface area contributed by atoms with Crippen molar-refractivity contribution < 1.29 is 35.4 Å². The van der Waals surface area contributed by atoms with Crippen molar-refractivity contribution in [3.8, 4) is 0 Å². The van der Waals surface area contributed by atoms with E-state index in [4.69, 9.17) is 0 Å². The quantitative estimate of drug-likeness (QED) is 0.353. The van der Waals surface area contributed by atoms with Crippen LogP contribution in [0.2, 0.25) is 0 Å². The monoisotopic (exact) mass is 480 g/mol. The lowest BCUT2D eigenvalue weighted by Crippen LogP contribution is -2.62. The summed E-state index contributed by atoms with van der Waals surface area (Å²) in [6.07, 6.45) is 2.11. The van der Waals surface area contributed by atoms with Crippen LogP contribution in [0.1, 0.15) is 86.0 Å². The van der Waals surface area contributed by atoms with Crippen molar-refractivity contribution in [2.24, 2.45) is 28.6 Å².